The maximum Gasteiger partial charge on any atom is 0.0665 e. The zero-order valence-corrected chi connectivity index (χ0v) is 8.56. The standard InChI is InChI=1S/C6H8ClIN2/c1-2-10-6(3-7)5(8)4-9-10/h4H,2-3H2,1H3. The normalized spacial score (nSPS) is 10.3. The fraction of sp³-hybridized carbons (Fsp3) is 0.500. The zero-order chi connectivity index (χ0) is 7.56. The van der Waals surface area contributed by atoms with Gasteiger partial charge in [0.2, 0.25) is 0 Å². The maximum absolute atomic E-state index is 5.69. The Balaban J connectivity index is 3.01. The summed E-state index contributed by atoms with van der Waals surface area (Å²) in [6, 6.07) is 0. The van der Waals surface area contributed by atoms with Gasteiger partial charge in [-0.2, -0.15) is 5.10 Å². The zero-order valence-electron chi connectivity index (χ0n) is 5.64. The van der Waals surface area contributed by atoms with Crippen molar-refractivity contribution in [1.82, 2.24) is 9.78 Å². The Labute approximate surface area is 78.7 Å². The van der Waals surface area contributed by atoms with Crippen LogP contribution in [0.15, 0.2) is 6.20 Å². The minimum atomic E-state index is 0.548. The first-order valence-electron chi connectivity index (χ1n) is 3.05. The molecule has 0 saturated carbocycles. The minimum Gasteiger partial charge on any atom is -0.268 e. The highest BCUT2D eigenvalue weighted by atomic mass is 127. The summed E-state index contributed by atoms with van der Waals surface area (Å²) in [6.07, 6.45) is 1.84. The molecule has 0 amide bonds. The smallest absolute Gasteiger partial charge is 0.0665 e. The van der Waals surface area contributed by atoms with E-state index in [4.69, 9.17) is 11.6 Å². The molecule has 0 fully saturated rings. The van der Waals surface area contributed by atoms with Crippen LogP contribution in [0.3, 0.4) is 0 Å². The van der Waals surface area contributed by atoms with E-state index >= 15 is 0 Å². The summed E-state index contributed by atoms with van der Waals surface area (Å²) >= 11 is 7.93. The molecule has 1 aromatic heterocycles. The van der Waals surface area contributed by atoms with Crippen LogP contribution in [0.25, 0.3) is 0 Å². The summed E-state index contributed by atoms with van der Waals surface area (Å²) in [5.74, 6) is 0.548. The van der Waals surface area contributed by atoms with Gasteiger partial charge < -0.3 is 0 Å². The van der Waals surface area contributed by atoms with Crippen LogP contribution in [0.5, 0.6) is 0 Å². The molecule has 4 heteroatoms. The van der Waals surface area contributed by atoms with Crippen molar-refractivity contribution in [2.24, 2.45) is 0 Å². The van der Waals surface area contributed by atoms with Gasteiger partial charge in [-0.15, -0.1) is 11.6 Å². The van der Waals surface area contributed by atoms with E-state index in [1.54, 1.807) is 0 Å². The molecule has 0 atom stereocenters. The van der Waals surface area contributed by atoms with E-state index in [0.717, 1.165) is 15.8 Å². The molecule has 0 radical (unpaired) electrons. The van der Waals surface area contributed by atoms with Gasteiger partial charge in [0.05, 0.1) is 21.3 Å². The van der Waals surface area contributed by atoms with Crippen molar-refractivity contribution in [2.75, 3.05) is 0 Å². The van der Waals surface area contributed by atoms with Crippen molar-refractivity contribution in [3.8, 4) is 0 Å². The first kappa shape index (κ1) is 8.33. The van der Waals surface area contributed by atoms with E-state index in [2.05, 4.69) is 34.6 Å². The average Bonchev–Trinajstić information content (AvgIpc) is 2.30. The number of aryl methyl sites for hydroxylation is 1. The predicted molar refractivity (Wildman–Crippen MR) is 50.2 cm³/mol. The third-order valence-corrected chi connectivity index (χ3v) is 2.48. The van der Waals surface area contributed by atoms with Crippen molar-refractivity contribution >= 4 is 34.2 Å². The molecule has 1 aromatic rings. The van der Waals surface area contributed by atoms with Crippen LogP contribution in [0.4, 0.5) is 0 Å². The Bertz CT molecular complexity index is 222. The summed E-state index contributed by atoms with van der Waals surface area (Å²) in [5.41, 5.74) is 1.12. The molecular weight excluding hydrogens is 262 g/mol. The van der Waals surface area contributed by atoms with Crippen molar-refractivity contribution in [3.05, 3.63) is 15.5 Å². The third kappa shape index (κ3) is 1.45. The summed E-state index contributed by atoms with van der Waals surface area (Å²) in [5, 5.41) is 4.13. The predicted octanol–water partition coefficient (Wildman–Crippen LogP) is 2.25. The molecule has 0 aliphatic heterocycles. The Hall–Kier alpha value is 0.230. The van der Waals surface area contributed by atoms with E-state index in [9.17, 15) is 0 Å². The van der Waals surface area contributed by atoms with Crippen molar-refractivity contribution in [2.45, 2.75) is 19.3 Å². The van der Waals surface area contributed by atoms with E-state index < -0.39 is 0 Å². The molecule has 0 aromatic carbocycles. The SMILES string of the molecule is CCn1ncc(I)c1CCl. The highest BCUT2D eigenvalue weighted by molar-refractivity contribution is 14.1. The Morgan fingerprint density at radius 3 is 2.90 bits per heavy atom. The molecule has 1 rings (SSSR count). The molecule has 0 N–H and O–H groups in total. The van der Waals surface area contributed by atoms with E-state index in [1.807, 2.05) is 10.9 Å². The van der Waals surface area contributed by atoms with Crippen LogP contribution in [0, 0.1) is 3.57 Å². The van der Waals surface area contributed by atoms with Gasteiger partial charge in [0.15, 0.2) is 0 Å². The number of hydrogen-bond acceptors (Lipinski definition) is 1. The summed E-state index contributed by atoms with van der Waals surface area (Å²) < 4.78 is 3.06. The van der Waals surface area contributed by atoms with Crippen LogP contribution in [-0.2, 0) is 12.4 Å². The summed E-state index contributed by atoms with van der Waals surface area (Å²) in [7, 11) is 0. The van der Waals surface area contributed by atoms with Crippen LogP contribution >= 0.6 is 34.2 Å². The highest BCUT2D eigenvalue weighted by Crippen LogP contribution is 2.13. The topological polar surface area (TPSA) is 17.8 Å². The largest absolute Gasteiger partial charge is 0.268 e. The van der Waals surface area contributed by atoms with Crippen molar-refractivity contribution in [1.29, 1.82) is 0 Å². The van der Waals surface area contributed by atoms with Gasteiger partial charge in [-0.1, -0.05) is 0 Å². The molecule has 0 aliphatic carbocycles. The first-order valence-corrected chi connectivity index (χ1v) is 4.67. The number of hydrogen-bond donors (Lipinski definition) is 0. The second-order valence-corrected chi connectivity index (χ2v) is 3.32. The van der Waals surface area contributed by atoms with E-state index in [0.29, 0.717) is 5.88 Å². The average molecular weight is 271 g/mol. The van der Waals surface area contributed by atoms with Crippen molar-refractivity contribution < 1.29 is 0 Å². The molecule has 1 heterocycles. The summed E-state index contributed by atoms with van der Waals surface area (Å²) in [4.78, 5) is 0. The fourth-order valence-electron chi connectivity index (χ4n) is 0.793. The van der Waals surface area contributed by atoms with Crippen LogP contribution in [0.2, 0.25) is 0 Å². The number of nitrogens with zero attached hydrogens (tertiary/aromatic N) is 2. The maximum atomic E-state index is 5.69. The fourth-order valence-corrected chi connectivity index (χ4v) is 1.89. The summed E-state index contributed by atoms with van der Waals surface area (Å²) in [6.45, 7) is 2.95. The number of halogens is 2. The van der Waals surface area contributed by atoms with Gasteiger partial charge >= 0.3 is 0 Å². The van der Waals surface area contributed by atoms with E-state index in [1.165, 1.54) is 0 Å². The van der Waals surface area contributed by atoms with Crippen LogP contribution in [0.1, 0.15) is 12.6 Å². The molecule has 56 valence electrons. The van der Waals surface area contributed by atoms with Gasteiger partial charge in [0.25, 0.3) is 0 Å². The molecular formula is C6H8ClIN2. The second kappa shape index (κ2) is 3.57. The molecule has 0 aliphatic rings. The quantitative estimate of drug-likeness (QED) is 0.595. The minimum absolute atomic E-state index is 0.548. The third-order valence-electron chi connectivity index (χ3n) is 1.32. The molecule has 2 nitrogen and oxygen atoms in total. The number of alkyl halides is 1. The van der Waals surface area contributed by atoms with Gasteiger partial charge in [-0.3, -0.25) is 4.68 Å². The molecule has 0 spiro atoms. The lowest BCUT2D eigenvalue weighted by Gasteiger charge is -1.99. The Morgan fingerprint density at radius 2 is 2.50 bits per heavy atom. The number of aromatic nitrogens is 2. The second-order valence-electron chi connectivity index (χ2n) is 1.89. The Kier molecular flexibility index (Phi) is 2.97. The Morgan fingerprint density at radius 1 is 1.80 bits per heavy atom. The molecule has 0 saturated heterocycles. The van der Waals surface area contributed by atoms with E-state index in [-0.39, 0.29) is 0 Å². The van der Waals surface area contributed by atoms with Gasteiger partial charge in [0.1, 0.15) is 0 Å². The molecule has 0 unspecified atom stereocenters. The van der Waals surface area contributed by atoms with Gasteiger partial charge in [-0.25, -0.2) is 0 Å². The monoisotopic (exact) mass is 270 g/mol. The highest BCUT2D eigenvalue weighted by Gasteiger charge is 2.03. The van der Waals surface area contributed by atoms with Gasteiger partial charge in [-0.05, 0) is 29.5 Å². The lowest BCUT2D eigenvalue weighted by Crippen LogP contribution is -2.00. The lowest BCUT2D eigenvalue weighted by molar-refractivity contribution is 0.636. The van der Waals surface area contributed by atoms with Crippen LogP contribution < -0.4 is 0 Å². The molecule has 10 heavy (non-hydrogen) atoms. The van der Waals surface area contributed by atoms with Crippen LogP contribution in [-0.4, -0.2) is 9.78 Å². The molecule has 0 bridgehead atoms. The van der Waals surface area contributed by atoms with Gasteiger partial charge in [0, 0.05) is 6.54 Å². The lowest BCUT2D eigenvalue weighted by atomic mass is 10.5. The number of rotatable bonds is 2. The van der Waals surface area contributed by atoms with Crippen molar-refractivity contribution in [3.63, 3.8) is 0 Å². The first-order chi connectivity index (χ1) is 4.79.